The van der Waals surface area contributed by atoms with E-state index in [4.69, 9.17) is 5.73 Å². The molecule has 0 radical (unpaired) electrons. The molecular formula is C10H10BrN3. The van der Waals surface area contributed by atoms with E-state index >= 15 is 0 Å². The molecule has 0 saturated heterocycles. The number of aromatic nitrogens is 2. The highest BCUT2D eigenvalue weighted by molar-refractivity contribution is 9.10. The van der Waals surface area contributed by atoms with Gasteiger partial charge in [-0.05, 0) is 17.7 Å². The van der Waals surface area contributed by atoms with Crippen molar-refractivity contribution in [3.8, 4) is 0 Å². The van der Waals surface area contributed by atoms with E-state index in [0.29, 0.717) is 5.82 Å². The number of anilines is 1. The summed E-state index contributed by atoms with van der Waals surface area (Å²) >= 11 is 3.43. The number of halogens is 1. The molecule has 0 bridgehead atoms. The zero-order valence-electron chi connectivity index (χ0n) is 7.50. The van der Waals surface area contributed by atoms with Crippen molar-refractivity contribution >= 4 is 21.7 Å². The molecule has 0 saturated carbocycles. The van der Waals surface area contributed by atoms with E-state index in [0.717, 1.165) is 16.5 Å². The molecule has 0 amide bonds. The molecular weight excluding hydrogens is 242 g/mol. The molecule has 1 aromatic carbocycles. The van der Waals surface area contributed by atoms with E-state index in [9.17, 15) is 0 Å². The van der Waals surface area contributed by atoms with Gasteiger partial charge in [0, 0.05) is 16.5 Å². The van der Waals surface area contributed by atoms with Gasteiger partial charge in [0.05, 0.1) is 6.20 Å². The lowest BCUT2D eigenvalue weighted by molar-refractivity contribution is 1.10. The summed E-state index contributed by atoms with van der Waals surface area (Å²) in [4.78, 5) is 0. The third-order valence-corrected chi connectivity index (χ3v) is 2.53. The molecule has 0 aliphatic heterocycles. The summed E-state index contributed by atoms with van der Waals surface area (Å²) in [5.74, 6) is 0.643. The molecule has 1 heterocycles. The van der Waals surface area contributed by atoms with Crippen molar-refractivity contribution in [3.63, 3.8) is 0 Å². The Hall–Kier alpha value is -1.29. The minimum atomic E-state index is 0.643. The SMILES string of the molecule is Nc1[nH]ncc1Cc1cccc(Br)c1. The second-order valence-electron chi connectivity index (χ2n) is 3.12. The van der Waals surface area contributed by atoms with Crippen LogP contribution in [0.25, 0.3) is 0 Å². The van der Waals surface area contributed by atoms with Crippen LogP contribution in [-0.4, -0.2) is 10.2 Å². The lowest BCUT2D eigenvalue weighted by Gasteiger charge is -2.00. The Labute approximate surface area is 90.5 Å². The molecule has 14 heavy (non-hydrogen) atoms. The number of hydrogen-bond donors (Lipinski definition) is 2. The van der Waals surface area contributed by atoms with Crippen LogP contribution in [0.1, 0.15) is 11.1 Å². The first-order valence-electron chi connectivity index (χ1n) is 4.28. The van der Waals surface area contributed by atoms with Crippen LogP contribution in [0.4, 0.5) is 5.82 Å². The highest BCUT2D eigenvalue weighted by Crippen LogP contribution is 2.17. The molecule has 0 atom stereocenters. The number of nitrogens with zero attached hydrogens (tertiary/aromatic N) is 1. The maximum Gasteiger partial charge on any atom is 0.122 e. The van der Waals surface area contributed by atoms with E-state index in [1.54, 1.807) is 6.20 Å². The number of nitrogens with two attached hydrogens (primary N) is 1. The minimum Gasteiger partial charge on any atom is -0.384 e. The van der Waals surface area contributed by atoms with Crippen molar-refractivity contribution < 1.29 is 0 Å². The summed E-state index contributed by atoms with van der Waals surface area (Å²) in [5, 5.41) is 6.60. The van der Waals surface area contributed by atoms with Crippen LogP contribution in [0.15, 0.2) is 34.9 Å². The first-order valence-corrected chi connectivity index (χ1v) is 5.07. The number of nitrogen functional groups attached to an aromatic ring is 1. The van der Waals surface area contributed by atoms with Crippen molar-refractivity contribution in [1.82, 2.24) is 10.2 Å². The topological polar surface area (TPSA) is 54.7 Å². The Morgan fingerprint density at radius 3 is 2.93 bits per heavy atom. The van der Waals surface area contributed by atoms with Crippen LogP contribution in [0.2, 0.25) is 0 Å². The monoisotopic (exact) mass is 251 g/mol. The minimum absolute atomic E-state index is 0.643. The molecule has 3 N–H and O–H groups in total. The fourth-order valence-electron chi connectivity index (χ4n) is 1.33. The van der Waals surface area contributed by atoms with E-state index in [1.807, 2.05) is 12.1 Å². The molecule has 0 spiro atoms. The Balaban J connectivity index is 2.23. The number of aromatic amines is 1. The zero-order valence-corrected chi connectivity index (χ0v) is 9.08. The van der Waals surface area contributed by atoms with Crippen molar-refractivity contribution in [3.05, 3.63) is 46.1 Å². The van der Waals surface area contributed by atoms with Gasteiger partial charge >= 0.3 is 0 Å². The van der Waals surface area contributed by atoms with Gasteiger partial charge in [-0.15, -0.1) is 0 Å². The Bertz CT molecular complexity index is 436. The average Bonchev–Trinajstić information content (AvgIpc) is 2.52. The Morgan fingerprint density at radius 2 is 2.29 bits per heavy atom. The van der Waals surface area contributed by atoms with Gasteiger partial charge < -0.3 is 5.73 Å². The molecule has 1 aromatic heterocycles. The summed E-state index contributed by atoms with van der Waals surface area (Å²) in [6.07, 6.45) is 2.57. The quantitative estimate of drug-likeness (QED) is 0.861. The van der Waals surface area contributed by atoms with Gasteiger partial charge in [0.1, 0.15) is 5.82 Å². The van der Waals surface area contributed by atoms with Crippen molar-refractivity contribution in [2.24, 2.45) is 0 Å². The van der Waals surface area contributed by atoms with Crippen LogP contribution >= 0.6 is 15.9 Å². The number of nitrogens with one attached hydrogen (secondary N) is 1. The van der Waals surface area contributed by atoms with E-state index < -0.39 is 0 Å². The number of H-pyrrole nitrogens is 1. The molecule has 0 unspecified atom stereocenters. The molecule has 3 nitrogen and oxygen atoms in total. The zero-order chi connectivity index (χ0) is 9.97. The fourth-order valence-corrected chi connectivity index (χ4v) is 1.78. The van der Waals surface area contributed by atoms with Crippen LogP contribution in [0.3, 0.4) is 0 Å². The van der Waals surface area contributed by atoms with Gasteiger partial charge in [-0.3, -0.25) is 5.10 Å². The Kier molecular flexibility index (Phi) is 2.54. The summed E-state index contributed by atoms with van der Waals surface area (Å²) in [6.45, 7) is 0. The van der Waals surface area contributed by atoms with Crippen LogP contribution in [0, 0.1) is 0 Å². The third-order valence-electron chi connectivity index (χ3n) is 2.03. The van der Waals surface area contributed by atoms with Crippen molar-refractivity contribution in [2.75, 3.05) is 5.73 Å². The van der Waals surface area contributed by atoms with E-state index in [1.165, 1.54) is 5.56 Å². The number of hydrogen-bond acceptors (Lipinski definition) is 2. The van der Waals surface area contributed by atoms with Gasteiger partial charge in [-0.2, -0.15) is 5.10 Å². The van der Waals surface area contributed by atoms with Crippen LogP contribution in [0.5, 0.6) is 0 Å². The van der Waals surface area contributed by atoms with Crippen LogP contribution in [-0.2, 0) is 6.42 Å². The van der Waals surface area contributed by atoms with Crippen molar-refractivity contribution in [2.45, 2.75) is 6.42 Å². The molecule has 4 heteroatoms. The largest absolute Gasteiger partial charge is 0.384 e. The number of benzene rings is 1. The van der Waals surface area contributed by atoms with Crippen LogP contribution < -0.4 is 5.73 Å². The van der Waals surface area contributed by atoms with Gasteiger partial charge in [0.25, 0.3) is 0 Å². The third kappa shape index (κ3) is 1.96. The highest BCUT2D eigenvalue weighted by atomic mass is 79.9. The normalized spacial score (nSPS) is 10.4. The predicted molar refractivity (Wildman–Crippen MR) is 59.9 cm³/mol. The molecule has 2 rings (SSSR count). The lowest BCUT2D eigenvalue weighted by Crippen LogP contribution is -1.92. The molecule has 0 aliphatic carbocycles. The summed E-state index contributed by atoms with van der Waals surface area (Å²) in [6, 6.07) is 8.15. The predicted octanol–water partition coefficient (Wildman–Crippen LogP) is 2.35. The molecule has 0 fully saturated rings. The van der Waals surface area contributed by atoms with Gasteiger partial charge in [-0.25, -0.2) is 0 Å². The highest BCUT2D eigenvalue weighted by Gasteiger charge is 2.02. The Morgan fingerprint density at radius 1 is 1.43 bits per heavy atom. The fraction of sp³-hybridized carbons (Fsp3) is 0.100. The van der Waals surface area contributed by atoms with Crippen molar-refractivity contribution in [1.29, 1.82) is 0 Å². The van der Waals surface area contributed by atoms with Gasteiger partial charge in [0.15, 0.2) is 0 Å². The lowest BCUT2D eigenvalue weighted by atomic mass is 10.1. The maximum atomic E-state index is 5.70. The second kappa shape index (κ2) is 3.84. The standard InChI is InChI=1S/C10H10BrN3/c11-9-3-1-2-7(5-9)4-8-6-13-14-10(8)12/h1-3,5-6H,4H2,(H3,12,13,14). The van der Waals surface area contributed by atoms with Gasteiger partial charge in [0.2, 0.25) is 0 Å². The van der Waals surface area contributed by atoms with E-state index in [2.05, 4.69) is 38.3 Å². The van der Waals surface area contributed by atoms with E-state index in [-0.39, 0.29) is 0 Å². The summed E-state index contributed by atoms with van der Waals surface area (Å²) < 4.78 is 1.08. The average molecular weight is 252 g/mol. The first-order chi connectivity index (χ1) is 6.75. The molecule has 72 valence electrons. The van der Waals surface area contributed by atoms with Gasteiger partial charge in [-0.1, -0.05) is 28.1 Å². The maximum absolute atomic E-state index is 5.70. The summed E-state index contributed by atoms with van der Waals surface area (Å²) in [7, 11) is 0. The first kappa shape index (κ1) is 9.27. The smallest absolute Gasteiger partial charge is 0.122 e. The second-order valence-corrected chi connectivity index (χ2v) is 4.03. The molecule has 2 aromatic rings. The summed E-state index contributed by atoms with van der Waals surface area (Å²) in [5.41, 5.74) is 7.94. The number of rotatable bonds is 2. The molecule has 0 aliphatic rings.